The summed E-state index contributed by atoms with van der Waals surface area (Å²) in [6.45, 7) is 0.652. The third-order valence-corrected chi connectivity index (χ3v) is 6.19. The Bertz CT molecular complexity index is 1140. The summed E-state index contributed by atoms with van der Waals surface area (Å²) in [6.07, 6.45) is 8.01. The maximum Gasteiger partial charge on any atom is 0.323 e. The summed E-state index contributed by atoms with van der Waals surface area (Å²) < 4.78 is 0. The van der Waals surface area contributed by atoms with Gasteiger partial charge in [0.2, 0.25) is 11.8 Å². The molecule has 1 aliphatic carbocycles. The third-order valence-electron chi connectivity index (χ3n) is 6.19. The number of amides is 2. The van der Waals surface area contributed by atoms with Crippen LogP contribution in [-0.2, 0) is 27.2 Å². The Morgan fingerprint density at radius 1 is 1.08 bits per heavy atom. The number of H-pyrrole nitrogens is 1. The molecule has 1 aromatic heterocycles. The first-order valence-corrected chi connectivity index (χ1v) is 12.6. The van der Waals surface area contributed by atoms with Gasteiger partial charge >= 0.3 is 5.97 Å². The number of carboxylic acids is 1. The lowest BCUT2D eigenvalue weighted by molar-refractivity contribution is -0.146. The van der Waals surface area contributed by atoms with E-state index in [9.17, 15) is 19.5 Å². The smallest absolute Gasteiger partial charge is 0.323 e. The number of benzene rings is 1. The third kappa shape index (κ3) is 9.04. The minimum atomic E-state index is -1.13. The lowest BCUT2D eigenvalue weighted by Crippen LogP contribution is -2.47. The monoisotopic (exact) mass is 524 g/mol. The molecule has 1 aliphatic rings. The van der Waals surface area contributed by atoms with Crippen LogP contribution in [0.3, 0.4) is 0 Å². The van der Waals surface area contributed by atoms with E-state index < -0.39 is 18.4 Å². The molecule has 0 bridgehead atoms. The van der Waals surface area contributed by atoms with Gasteiger partial charge in [0, 0.05) is 45.0 Å². The van der Waals surface area contributed by atoms with Gasteiger partial charge in [-0.1, -0.05) is 30.3 Å². The van der Waals surface area contributed by atoms with Crippen molar-refractivity contribution >= 4 is 29.3 Å². The molecule has 2 aromatic rings. The van der Waals surface area contributed by atoms with Crippen LogP contribution in [0.15, 0.2) is 47.7 Å². The number of allylic oxidation sites excluding steroid dienone is 1. The van der Waals surface area contributed by atoms with Gasteiger partial charge in [0.05, 0.1) is 13.1 Å². The lowest BCUT2D eigenvalue weighted by Gasteiger charge is -2.27. The molecule has 2 amide bonds. The Kier molecular flexibility index (Phi) is 10.8. The van der Waals surface area contributed by atoms with Gasteiger partial charge in [-0.3, -0.25) is 19.4 Å². The minimum Gasteiger partial charge on any atom is -0.480 e. The molecule has 12 heteroatoms. The fourth-order valence-corrected chi connectivity index (χ4v) is 4.28. The van der Waals surface area contributed by atoms with E-state index in [0.717, 1.165) is 23.4 Å². The number of aromatic nitrogens is 2. The quantitative estimate of drug-likeness (QED) is 0.115. The van der Waals surface area contributed by atoms with Crippen LogP contribution in [-0.4, -0.2) is 94.4 Å². The van der Waals surface area contributed by atoms with E-state index in [-0.39, 0.29) is 38.0 Å². The predicted octanol–water partition coefficient (Wildman–Crippen LogP) is -0.0231. The molecule has 0 spiro atoms. The maximum atomic E-state index is 13.2. The number of aromatic amines is 1. The largest absolute Gasteiger partial charge is 0.480 e. The van der Waals surface area contributed by atoms with E-state index in [1.165, 1.54) is 15.4 Å². The van der Waals surface area contributed by atoms with Gasteiger partial charge in [-0.25, -0.2) is 4.98 Å². The normalized spacial score (nSPS) is 11.9. The van der Waals surface area contributed by atoms with Gasteiger partial charge in [0.25, 0.3) is 0 Å². The number of hydrogen-bond acceptors (Lipinski definition) is 6. The van der Waals surface area contributed by atoms with Crippen LogP contribution in [0, 0.1) is 0 Å². The number of nitrogens with zero attached hydrogens (tertiary/aromatic N) is 4. The number of imidazole rings is 1. The molecule has 7 N–H and O–H groups in total. The van der Waals surface area contributed by atoms with Crippen molar-refractivity contribution in [2.75, 3.05) is 45.8 Å². The highest BCUT2D eigenvalue weighted by molar-refractivity contribution is 5.87. The van der Waals surface area contributed by atoms with E-state index in [0.29, 0.717) is 32.4 Å². The number of carbonyl (C=O) groups excluding carboxylic acids is 2. The molecule has 0 saturated heterocycles. The molecule has 3 rings (SSSR count). The zero-order valence-electron chi connectivity index (χ0n) is 21.4. The number of nitrogens with one attached hydrogen (secondary N) is 2. The number of hydrogen-bond donors (Lipinski definition) is 5. The molecular weight excluding hydrogens is 488 g/mol. The number of fused-ring (bicyclic) bond motifs is 1. The summed E-state index contributed by atoms with van der Waals surface area (Å²) in [4.78, 5) is 51.5. The van der Waals surface area contributed by atoms with Crippen molar-refractivity contribution in [2.24, 2.45) is 16.5 Å². The fourth-order valence-electron chi connectivity index (χ4n) is 4.28. The Hall–Kier alpha value is -4.19. The Morgan fingerprint density at radius 2 is 1.87 bits per heavy atom. The Morgan fingerprint density at radius 3 is 2.61 bits per heavy atom. The van der Waals surface area contributed by atoms with Crippen LogP contribution in [0.4, 0.5) is 0 Å². The lowest BCUT2D eigenvalue weighted by atomic mass is 10.0. The molecular formula is C26H36N8O4. The number of carbonyl (C=O) groups is 3. The van der Waals surface area contributed by atoms with Crippen molar-refractivity contribution in [3.63, 3.8) is 0 Å². The first-order valence-electron chi connectivity index (χ1n) is 12.6. The molecule has 0 aliphatic heterocycles. The molecule has 0 unspecified atom stereocenters. The molecule has 0 saturated carbocycles. The van der Waals surface area contributed by atoms with E-state index in [1.54, 1.807) is 12.4 Å². The van der Waals surface area contributed by atoms with Gasteiger partial charge in [0.15, 0.2) is 5.96 Å². The second kappa shape index (κ2) is 14.5. The van der Waals surface area contributed by atoms with Crippen LogP contribution in [0.2, 0.25) is 0 Å². The first kappa shape index (κ1) is 28.4. The van der Waals surface area contributed by atoms with Crippen LogP contribution >= 0.6 is 0 Å². The minimum absolute atomic E-state index is 0.0487. The van der Waals surface area contributed by atoms with Gasteiger partial charge in [0.1, 0.15) is 12.4 Å². The van der Waals surface area contributed by atoms with E-state index in [2.05, 4.69) is 38.5 Å². The average molecular weight is 525 g/mol. The highest BCUT2D eigenvalue weighted by atomic mass is 16.4. The van der Waals surface area contributed by atoms with E-state index in [4.69, 9.17) is 11.5 Å². The number of aliphatic carboxylic acids is 1. The van der Waals surface area contributed by atoms with Gasteiger partial charge in [-0.05, 0) is 36.0 Å². The number of rotatable bonds is 16. The van der Waals surface area contributed by atoms with Crippen molar-refractivity contribution < 1.29 is 19.5 Å². The second-order valence-electron chi connectivity index (χ2n) is 8.99. The highest BCUT2D eigenvalue weighted by Gasteiger charge is 2.23. The van der Waals surface area contributed by atoms with Gasteiger partial charge in [-0.2, -0.15) is 0 Å². The molecule has 1 aromatic carbocycles. The summed E-state index contributed by atoms with van der Waals surface area (Å²) in [7, 11) is 0. The van der Waals surface area contributed by atoms with Crippen LogP contribution in [0.25, 0.3) is 5.57 Å². The highest BCUT2D eigenvalue weighted by Crippen LogP contribution is 2.29. The van der Waals surface area contributed by atoms with Crippen molar-refractivity contribution in [3.8, 4) is 0 Å². The molecule has 38 heavy (non-hydrogen) atoms. The number of aliphatic imine (C=N–C) groups is 1. The van der Waals surface area contributed by atoms with Crippen molar-refractivity contribution in [3.05, 3.63) is 59.7 Å². The number of nitrogens with two attached hydrogens (primary N) is 2. The fraction of sp³-hybridized carbons (Fsp3) is 0.423. The molecule has 0 radical (unpaired) electrons. The van der Waals surface area contributed by atoms with Gasteiger partial charge in [-0.15, -0.1) is 0 Å². The van der Waals surface area contributed by atoms with Crippen LogP contribution in [0.1, 0.15) is 29.8 Å². The zero-order chi connectivity index (χ0) is 27.3. The molecule has 204 valence electrons. The summed E-state index contributed by atoms with van der Waals surface area (Å²) in [6, 6.07) is 8.13. The SMILES string of the molecule is NC(N)=NCCCN(CC(=O)O)C(=O)CN(CCC1=CCc2ccccc21)C(=O)CNCCc1ncc[nH]1. The first-order chi connectivity index (χ1) is 18.3. The molecule has 0 fully saturated rings. The standard InChI is InChI=1S/C26H36N8O4/c27-26(28)32-10-3-14-33(18-25(37)38)24(36)17-34(23(35)16-29-11-8-22-30-12-13-31-22)15-9-20-7-6-19-4-1-2-5-21(19)20/h1-2,4-5,7,12-13,29H,3,6,8-11,14-18H2,(H,30,31)(H,37,38)(H4,27,28,32). The van der Waals surface area contributed by atoms with Crippen molar-refractivity contribution in [2.45, 2.75) is 25.7 Å². The zero-order valence-corrected chi connectivity index (χ0v) is 21.4. The van der Waals surface area contributed by atoms with Crippen molar-refractivity contribution in [1.82, 2.24) is 25.1 Å². The molecule has 1 heterocycles. The number of carboxylic acid groups (broad SMARTS) is 1. The molecule has 0 atom stereocenters. The Balaban J connectivity index is 1.62. The van der Waals surface area contributed by atoms with E-state index >= 15 is 0 Å². The summed E-state index contributed by atoms with van der Waals surface area (Å²) in [5.41, 5.74) is 14.2. The topological polar surface area (TPSA) is 183 Å². The van der Waals surface area contributed by atoms with Crippen LogP contribution in [0.5, 0.6) is 0 Å². The number of guanidine groups is 1. The summed E-state index contributed by atoms with van der Waals surface area (Å²) in [5, 5.41) is 12.4. The predicted molar refractivity (Wildman–Crippen MR) is 144 cm³/mol. The Labute approximate surface area is 221 Å². The summed E-state index contributed by atoms with van der Waals surface area (Å²) >= 11 is 0. The van der Waals surface area contributed by atoms with Gasteiger partial charge < -0.3 is 36.7 Å². The van der Waals surface area contributed by atoms with Crippen molar-refractivity contribution in [1.29, 1.82) is 0 Å². The van der Waals surface area contributed by atoms with Crippen LogP contribution < -0.4 is 16.8 Å². The maximum absolute atomic E-state index is 13.2. The summed E-state index contributed by atoms with van der Waals surface area (Å²) in [5.74, 6) is -1.07. The van der Waals surface area contributed by atoms with E-state index in [1.807, 2.05) is 12.1 Å². The molecule has 12 nitrogen and oxygen atoms in total. The second-order valence-corrected chi connectivity index (χ2v) is 8.99. The average Bonchev–Trinajstić information content (AvgIpc) is 3.55.